The highest BCUT2D eigenvalue weighted by molar-refractivity contribution is 7.11. The zero-order valence-electron chi connectivity index (χ0n) is 11.1. The number of nitrogens with one attached hydrogen (secondary N) is 1. The van der Waals surface area contributed by atoms with Gasteiger partial charge in [0.05, 0.1) is 17.2 Å². The molecule has 0 fully saturated rings. The van der Waals surface area contributed by atoms with E-state index in [9.17, 15) is 9.59 Å². The van der Waals surface area contributed by atoms with Crippen molar-refractivity contribution < 1.29 is 9.59 Å². The van der Waals surface area contributed by atoms with Crippen LogP contribution in [0.2, 0.25) is 0 Å². The Bertz CT molecular complexity index is 500. The molecule has 1 aliphatic rings. The average Bonchev–Trinajstić information content (AvgIpc) is 2.67. The molecular weight excluding hydrogens is 264 g/mol. The van der Waals surface area contributed by atoms with E-state index in [0.29, 0.717) is 0 Å². The minimum Gasteiger partial charge on any atom is -0.351 e. The molecule has 0 radical (unpaired) electrons. The second-order valence-corrected chi connectivity index (χ2v) is 6.01. The first kappa shape index (κ1) is 14.0. The number of aryl methyl sites for hydroxylation is 2. The predicted molar refractivity (Wildman–Crippen MR) is 72.9 cm³/mol. The molecule has 1 aromatic rings. The van der Waals surface area contributed by atoms with Gasteiger partial charge in [-0.15, -0.1) is 11.3 Å². The summed E-state index contributed by atoms with van der Waals surface area (Å²) in [6.07, 6.45) is 3.09. The van der Waals surface area contributed by atoms with Gasteiger partial charge < -0.3 is 5.73 Å². The first-order chi connectivity index (χ1) is 8.97. The maximum absolute atomic E-state index is 11.6. The fourth-order valence-electron chi connectivity index (χ4n) is 2.45. The van der Waals surface area contributed by atoms with Gasteiger partial charge in [-0.2, -0.15) is 0 Å². The highest BCUT2D eigenvalue weighted by Crippen LogP contribution is 2.37. The number of aromatic nitrogens is 1. The lowest BCUT2D eigenvalue weighted by Gasteiger charge is -2.29. The smallest absolute Gasteiger partial charge is 0.318 e. The molecule has 104 valence electrons. The van der Waals surface area contributed by atoms with Gasteiger partial charge in [-0.1, -0.05) is 0 Å². The Morgan fingerprint density at radius 3 is 3.00 bits per heavy atom. The lowest BCUT2D eigenvalue weighted by molar-refractivity contribution is -0.121. The van der Waals surface area contributed by atoms with Crippen molar-refractivity contribution in [2.75, 3.05) is 13.6 Å². The monoisotopic (exact) mass is 282 g/mol. The van der Waals surface area contributed by atoms with Crippen LogP contribution in [0.15, 0.2) is 0 Å². The van der Waals surface area contributed by atoms with Crippen LogP contribution in [-0.4, -0.2) is 35.4 Å². The van der Waals surface area contributed by atoms with Gasteiger partial charge in [-0.25, -0.2) is 9.78 Å². The number of thiazole rings is 1. The SMILES string of the molecule is Cc1nc2c(s1)[C@@H](N(C)CC(=O)NC(N)=O)CCC2. The highest BCUT2D eigenvalue weighted by atomic mass is 32.1. The summed E-state index contributed by atoms with van der Waals surface area (Å²) < 4.78 is 0. The van der Waals surface area contributed by atoms with Crippen LogP contribution < -0.4 is 11.1 Å². The minimum atomic E-state index is -0.809. The Hall–Kier alpha value is -1.47. The second-order valence-electron chi connectivity index (χ2n) is 4.78. The lowest BCUT2D eigenvalue weighted by Crippen LogP contribution is -2.42. The van der Waals surface area contributed by atoms with Crippen LogP contribution in [0.1, 0.15) is 34.5 Å². The molecule has 0 spiro atoms. The fourth-order valence-corrected chi connectivity index (χ4v) is 3.63. The van der Waals surface area contributed by atoms with Crippen LogP contribution in [-0.2, 0) is 11.2 Å². The van der Waals surface area contributed by atoms with E-state index < -0.39 is 6.03 Å². The molecule has 7 heteroatoms. The number of hydrogen-bond acceptors (Lipinski definition) is 5. The number of fused-ring (bicyclic) bond motifs is 1. The lowest BCUT2D eigenvalue weighted by atomic mass is 9.97. The van der Waals surface area contributed by atoms with E-state index in [1.165, 1.54) is 4.88 Å². The molecule has 1 aliphatic carbocycles. The molecule has 0 aromatic carbocycles. The normalized spacial score (nSPS) is 18.2. The van der Waals surface area contributed by atoms with Crippen molar-refractivity contribution in [3.63, 3.8) is 0 Å². The van der Waals surface area contributed by atoms with Crippen LogP contribution in [0.5, 0.6) is 0 Å². The Morgan fingerprint density at radius 1 is 1.58 bits per heavy atom. The Kier molecular flexibility index (Phi) is 4.16. The van der Waals surface area contributed by atoms with Gasteiger partial charge in [-0.3, -0.25) is 15.0 Å². The molecular formula is C12H18N4O2S. The minimum absolute atomic E-state index is 0.157. The zero-order valence-corrected chi connectivity index (χ0v) is 11.9. The van der Waals surface area contributed by atoms with Crippen molar-refractivity contribution >= 4 is 23.3 Å². The molecule has 0 saturated heterocycles. The molecule has 0 saturated carbocycles. The third kappa shape index (κ3) is 3.30. The van der Waals surface area contributed by atoms with E-state index in [4.69, 9.17) is 5.73 Å². The molecule has 0 unspecified atom stereocenters. The zero-order chi connectivity index (χ0) is 14.0. The summed E-state index contributed by atoms with van der Waals surface area (Å²) in [6, 6.07) is -0.607. The molecule has 1 heterocycles. The number of imide groups is 1. The molecule has 6 nitrogen and oxygen atoms in total. The van der Waals surface area contributed by atoms with Crippen molar-refractivity contribution in [2.45, 2.75) is 32.2 Å². The van der Waals surface area contributed by atoms with Crippen molar-refractivity contribution in [2.24, 2.45) is 5.73 Å². The number of carbonyl (C=O) groups is 2. The molecule has 0 aliphatic heterocycles. The van der Waals surface area contributed by atoms with Crippen molar-refractivity contribution in [1.29, 1.82) is 0 Å². The van der Waals surface area contributed by atoms with Gasteiger partial charge in [0.1, 0.15) is 0 Å². The molecule has 19 heavy (non-hydrogen) atoms. The number of carbonyl (C=O) groups excluding carboxylic acids is 2. The number of primary amides is 1. The van der Waals surface area contributed by atoms with Gasteiger partial charge in [0, 0.05) is 10.9 Å². The van der Waals surface area contributed by atoms with E-state index in [-0.39, 0.29) is 18.5 Å². The maximum Gasteiger partial charge on any atom is 0.318 e. The van der Waals surface area contributed by atoms with Gasteiger partial charge in [0.15, 0.2) is 0 Å². The number of amides is 3. The quantitative estimate of drug-likeness (QED) is 0.864. The van der Waals surface area contributed by atoms with E-state index in [2.05, 4.69) is 10.3 Å². The molecule has 0 bridgehead atoms. The van der Waals surface area contributed by atoms with Crippen LogP contribution in [0.4, 0.5) is 4.79 Å². The molecule has 3 amide bonds. The summed E-state index contributed by atoms with van der Waals surface area (Å²) in [5.41, 5.74) is 6.08. The summed E-state index contributed by atoms with van der Waals surface area (Å²) in [6.45, 7) is 2.16. The molecule has 1 atom stereocenters. The highest BCUT2D eigenvalue weighted by Gasteiger charge is 2.28. The number of likely N-dealkylation sites (N-methyl/N-ethyl adjacent to an activating group) is 1. The van der Waals surface area contributed by atoms with E-state index >= 15 is 0 Å². The molecule has 1 aromatic heterocycles. The fraction of sp³-hybridized carbons (Fsp3) is 0.583. The second kappa shape index (κ2) is 5.66. The first-order valence-corrected chi connectivity index (χ1v) is 7.04. The van der Waals surface area contributed by atoms with Gasteiger partial charge in [-0.05, 0) is 33.2 Å². The molecule has 3 N–H and O–H groups in total. The standard InChI is InChI=1S/C12H18N4O2S/c1-7-14-8-4-3-5-9(11(8)19-7)16(2)6-10(17)15-12(13)18/h9H,3-6H2,1-2H3,(H3,13,15,17,18)/t9-/m0/s1. The summed E-state index contributed by atoms with van der Waals surface area (Å²) in [4.78, 5) is 29.9. The average molecular weight is 282 g/mol. The summed E-state index contributed by atoms with van der Waals surface area (Å²) in [5, 5.41) is 3.15. The van der Waals surface area contributed by atoms with Crippen LogP contribution in [0, 0.1) is 6.92 Å². The van der Waals surface area contributed by atoms with Crippen LogP contribution in [0.25, 0.3) is 0 Å². The Balaban J connectivity index is 2.06. The van der Waals surface area contributed by atoms with E-state index in [1.807, 2.05) is 18.9 Å². The number of nitrogens with zero attached hydrogens (tertiary/aromatic N) is 2. The Morgan fingerprint density at radius 2 is 2.32 bits per heavy atom. The van der Waals surface area contributed by atoms with Crippen molar-refractivity contribution in [3.05, 3.63) is 15.6 Å². The number of urea groups is 1. The summed E-state index contributed by atoms with van der Waals surface area (Å²) >= 11 is 1.69. The predicted octanol–water partition coefficient (Wildman–Crippen LogP) is 0.956. The van der Waals surface area contributed by atoms with Gasteiger partial charge in [0.2, 0.25) is 5.91 Å². The number of rotatable bonds is 3. The number of hydrogen-bond donors (Lipinski definition) is 2. The largest absolute Gasteiger partial charge is 0.351 e. The van der Waals surface area contributed by atoms with E-state index in [0.717, 1.165) is 30.0 Å². The maximum atomic E-state index is 11.6. The molecule has 2 rings (SSSR count). The van der Waals surface area contributed by atoms with Crippen molar-refractivity contribution in [1.82, 2.24) is 15.2 Å². The summed E-state index contributed by atoms with van der Waals surface area (Å²) in [7, 11) is 1.88. The third-order valence-electron chi connectivity index (χ3n) is 3.22. The van der Waals surface area contributed by atoms with Gasteiger partial charge in [0.25, 0.3) is 0 Å². The third-order valence-corrected chi connectivity index (χ3v) is 4.33. The van der Waals surface area contributed by atoms with Crippen LogP contribution >= 0.6 is 11.3 Å². The summed E-state index contributed by atoms with van der Waals surface area (Å²) in [5.74, 6) is -0.372. The Labute approximate surface area is 116 Å². The first-order valence-electron chi connectivity index (χ1n) is 6.23. The topological polar surface area (TPSA) is 88.3 Å². The van der Waals surface area contributed by atoms with Gasteiger partial charge >= 0.3 is 6.03 Å². The van der Waals surface area contributed by atoms with E-state index in [1.54, 1.807) is 11.3 Å². The van der Waals surface area contributed by atoms with Crippen molar-refractivity contribution in [3.8, 4) is 0 Å². The number of nitrogens with two attached hydrogens (primary N) is 1. The van der Waals surface area contributed by atoms with Crippen LogP contribution in [0.3, 0.4) is 0 Å².